The Morgan fingerprint density at radius 1 is 0.817 bits per heavy atom. The van der Waals surface area contributed by atoms with Crippen LogP contribution in [0.4, 0.5) is 4.39 Å². The van der Waals surface area contributed by atoms with Gasteiger partial charge in [0, 0.05) is 89.9 Å². The first kappa shape index (κ1) is 56.0. The molecule has 0 bridgehead atoms. The molecule has 0 unspecified atom stereocenters. The molecule has 1 aromatic heterocycles. The quantitative estimate of drug-likeness (QED) is 0.0271. The number of ether oxygens (including phenoxy) is 2. The van der Waals surface area contributed by atoms with Crippen LogP contribution in [0.2, 0.25) is 0 Å². The van der Waals surface area contributed by atoms with E-state index in [9.17, 15) is 24.3 Å². The van der Waals surface area contributed by atoms with Crippen molar-refractivity contribution >= 4 is 23.7 Å². The summed E-state index contributed by atoms with van der Waals surface area (Å²) in [6, 6.07) is 18.5. The summed E-state index contributed by atoms with van der Waals surface area (Å²) < 4.78 is 29.2. The number of carbonyl (C=O) groups is 4. The van der Waals surface area contributed by atoms with Gasteiger partial charge in [-0.15, -0.1) is 5.10 Å². The Balaban J connectivity index is 1.05. The van der Waals surface area contributed by atoms with Gasteiger partial charge < -0.3 is 46.9 Å². The minimum atomic E-state index is -0.795. The van der Waals surface area contributed by atoms with Crippen LogP contribution in [-0.4, -0.2) is 108 Å². The van der Waals surface area contributed by atoms with Gasteiger partial charge in [-0.2, -0.15) is 0 Å². The average molecular weight is 984 g/mol. The minimum Gasteiger partial charge on any atom is -0.497 e. The summed E-state index contributed by atoms with van der Waals surface area (Å²) in [5, 5.41) is 27.0. The second kappa shape index (κ2) is 29.4. The van der Waals surface area contributed by atoms with Crippen molar-refractivity contribution in [1.82, 2.24) is 35.8 Å². The third-order valence-electron chi connectivity index (χ3n) is 12.8. The van der Waals surface area contributed by atoms with Gasteiger partial charge in [0.05, 0.1) is 19.2 Å². The van der Waals surface area contributed by atoms with Gasteiger partial charge in [0.15, 0.2) is 0 Å². The fraction of sp³-hybridized carbons (Fsp3) is 0.556. The number of unbranched alkanes of at least 4 members (excludes halogenated alkanes) is 5. The first-order chi connectivity index (χ1) is 34.2. The molecule has 1 atom stereocenters. The zero-order valence-electron chi connectivity index (χ0n) is 42.2. The molecular formula is C54H78FN9O7. The van der Waals surface area contributed by atoms with E-state index in [0.29, 0.717) is 94.7 Å². The molecule has 5 rings (SSSR count). The molecule has 3 amide bonds. The molecule has 3 aromatic carbocycles. The van der Waals surface area contributed by atoms with Gasteiger partial charge in [-0.25, -0.2) is 4.39 Å². The minimum absolute atomic E-state index is 0.000810. The van der Waals surface area contributed by atoms with Crippen LogP contribution in [0.15, 0.2) is 66.9 Å². The van der Waals surface area contributed by atoms with E-state index in [1.807, 2.05) is 52.2 Å². The predicted octanol–water partition coefficient (Wildman–Crippen LogP) is 6.53. The lowest BCUT2D eigenvalue weighted by Gasteiger charge is -2.26. The number of carboxylic acid groups (broad SMARTS) is 1. The average Bonchev–Trinajstić information content (AvgIpc) is 4.11. The molecular weight excluding hydrogens is 906 g/mol. The summed E-state index contributed by atoms with van der Waals surface area (Å²) in [7, 11) is 1.57. The molecule has 0 aliphatic heterocycles. The summed E-state index contributed by atoms with van der Waals surface area (Å²) in [6.07, 6.45) is 12.6. The Morgan fingerprint density at radius 2 is 1.49 bits per heavy atom. The number of methoxy groups -OCH3 is 1. The standard InChI is InChI=1S/C54H78FN9O7/c1-54(2,35-42-31-39(15-19-46(42)48-33-44(70-3)18-20-49(48)55)37-71-45-13-10-11-41(32-45)47(34-53(68)69)40-16-17-40)38-64-36-43(61-62-64)12-8-6-4-5-7-9-14-50(65)60-27-30-63(28-21-51(66)58-25-23-56)29-22-52(67)59-26-24-57/h10-11,13,15,18-20,31-33,36,40,47H,4-9,12,14,16-17,21-30,34-35,37-38,56-57H2,1-3H3,(H,58,66)(H,59,67)(H,60,65)(H,68,69)/t47-/m0/s1. The van der Waals surface area contributed by atoms with E-state index in [2.05, 4.69) is 46.2 Å². The molecule has 0 spiro atoms. The highest BCUT2D eigenvalue weighted by Crippen LogP contribution is 2.45. The number of nitrogens with one attached hydrogen (secondary N) is 3. The van der Waals surface area contributed by atoms with Crippen molar-refractivity contribution in [2.45, 2.75) is 123 Å². The second-order valence-corrected chi connectivity index (χ2v) is 19.6. The number of nitrogens with two attached hydrogens (primary N) is 2. The molecule has 0 radical (unpaired) electrons. The number of aromatic nitrogens is 3. The summed E-state index contributed by atoms with van der Waals surface area (Å²) in [4.78, 5) is 50.5. The molecule has 17 heteroatoms. The maximum absolute atomic E-state index is 15.5. The number of nitrogens with zero attached hydrogens (tertiary/aromatic N) is 4. The maximum atomic E-state index is 15.5. The van der Waals surface area contributed by atoms with Gasteiger partial charge in [0.1, 0.15) is 23.9 Å². The van der Waals surface area contributed by atoms with E-state index in [4.69, 9.17) is 20.9 Å². The van der Waals surface area contributed by atoms with E-state index < -0.39 is 5.97 Å². The number of carbonyl (C=O) groups excluding carboxylic acids is 3. The van der Waals surface area contributed by atoms with E-state index in [1.165, 1.54) is 6.07 Å². The summed E-state index contributed by atoms with van der Waals surface area (Å²) in [5.41, 5.74) is 15.7. The zero-order valence-corrected chi connectivity index (χ0v) is 42.2. The Kier molecular flexibility index (Phi) is 23.2. The number of rotatable bonds is 35. The number of amides is 3. The second-order valence-electron chi connectivity index (χ2n) is 19.6. The Labute approximate surface area is 419 Å². The molecule has 1 heterocycles. The zero-order chi connectivity index (χ0) is 51.0. The Bertz CT molecular complexity index is 2280. The molecule has 1 saturated carbocycles. The lowest BCUT2D eigenvalue weighted by atomic mass is 9.82. The number of carboxylic acids is 1. The highest BCUT2D eigenvalue weighted by Gasteiger charge is 2.34. The van der Waals surface area contributed by atoms with E-state index >= 15 is 4.39 Å². The van der Waals surface area contributed by atoms with Crippen LogP contribution in [0.5, 0.6) is 11.5 Å². The summed E-state index contributed by atoms with van der Waals surface area (Å²) in [5.74, 6) is 0.285. The van der Waals surface area contributed by atoms with Crippen LogP contribution in [0.3, 0.4) is 0 Å². The topological polar surface area (TPSA) is 229 Å². The Hall–Kier alpha value is -5.91. The van der Waals surface area contributed by atoms with Crippen LogP contribution in [0.1, 0.15) is 119 Å². The molecule has 1 aliphatic carbocycles. The van der Waals surface area contributed by atoms with Gasteiger partial charge in [-0.1, -0.05) is 75.1 Å². The fourth-order valence-electron chi connectivity index (χ4n) is 8.96. The number of hydrogen-bond donors (Lipinski definition) is 6. The highest BCUT2D eigenvalue weighted by molar-refractivity contribution is 5.77. The first-order valence-electron chi connectivity index (χ1n) is 25.5. The first-order valence-corrected chi connectivity index (χ1v) is 25.5. The molecule has 1 fully saturated rings. The smallest absolute Gasteiger partial charge is 0.303 e. The van der Waals surface area contributed by atoms with Gasteiger partial charge in [0.2, 0.25) is 17.7 Å². The molecule has 8 N–H and O–H groups in total. The number of hydrogen-bond acceptors (Lipinski definition) is 11. The van der Waals surface area contributed by atoms with Crippen LogP contribution >= 0.6 is 0 Å². The number of aliphatic carboxylic acids is 1. The SMILES string of the molecule is COc1ccc(F)c(-c2ccc(COc3cccc([C@@H](CC(=O)O)C4CC4)c3)cc2CC(C)(C)Cn2cc(CCCCCCCCC(=O)NCCN(CCC(=O)NCCN)CCC(=O)NCCN)nn2)c1. The molecule has 16 nitrogen and oxygen atoms in total. The molecule has 0 saturated heterocycles. The normalized spacial score (nSPS) is 12.9. The van der Waals surface area contributed by atoms with Crippen LogP contribution in [0.25, 0.3) is 11.1 Å². The van der Waals surface area contributed by atoms with Crippen molar-refractivity contribution in [2.24, 2.45) is 22.8 Å². The van der Waals surface area contributed by atoms with Crippen molar-refractivity contribution in [2.75, 3.05) is 59.5 Å². The molecule has 4 aromatic rings. The van der Waals surface area contributed by atoms with Crippen molar-refractivity contribution in [1.29, 1.82) is 0 Å². The van der Waals surface area contributed by atoms with Crippen molar-refractivity contribution < 1.29 is 38.1 Å². The monoisotopic (exact) mass is 984 g/mol. The van der Waals surface area contributed by atoms with Crippen molar-refractivity contribution in [3.05, 3.63) is 95.1 Å². The van der Waals surface area contributed by atoms with Gasteiger partial charge in [-0.05, 0) is 108 Å². The summed E-state index contributed by atoms with van der Waals surface area (Å²) in [6.45, 7) is 8.71. The van der Waals surface area contributed by atoms with Gasteiger partial charge in [-0.3, -0.25) is 23.9 Å². The molecule has 71 heavy (non-hydrogen) atoms. The largest absolute Gasteiger partial charge is 0.497 e. The van der Waals surface area contributed by atoms with E-state index in [1.54, 1.807) is 19.2 Å². The van der Waals surface area contributed by atoms with E-state index in [-0.39, 0.29) is 60.7 Å². The highest BCUT2D eigenvalue weighted by atomic mass is 19.1. The molecule has 1 aliphatic rings. The molecule has 388 valence electrons. The van der Waals surface area contributed by atoms with Gasteiger partial charge in [0.25, 0.3) is 0 Å². The number of aryl methyl sites for hydroxylation is 1. The third kappa shape index (κ3) is 20.4. The van der Waals surface area contributed by atoms with Crippen molar-refractivity contribution in [3.63, 3.8) is 0 Å². The van der Waals surface area contributed by atoms with Gasteiger partial charge >= 0.3 is 5.97 Å². The number of halogens is 1. The Morgan fingerprint density at radius 3 is 2.17 bits per heavy atom. The fourth-order valence-corrected chi connectivity index (χ4v) is 8.96. The van der Waals surface area contributed by atoms with Crippen LogP contribution in [-0.2, 0) is 45.2 Å². The summed E-state index contributed by atoms with van der Waals surface area (Å²) >= 11 is 0. The lowest BCUT2D eigenvalue weighted by molar-refractivity contribution is -0.137. The van der Waals surface area contributed by atoms with E-state index in [0.717, 1.165) is 85.7 Å². The number of benzene rings is 3. The third-order valence-corrected chi connectivity index (χ3v) is 12.8. The maximum Gasteiger partial charge on any atom is 0.303 e. The predicted molar refractivity (Wildman–Crippen MR) is 273 cm³/mol. The van der Waals surface area contributed by atoms with Crippen LogP contribution < -0.4 is 36.9 Å². The lowest BCUT2D eigenvalue weighted by Crippen LogP contribution is -2.40. The van der Waals surface area contributed by atoms with Crippen molar-refractivity contribution in [3.8, 4) is 22.6 Å². The van der Waals surface area contributed by atoms with Crippen LogP contribution in [0, 0.1) is 17.2 Å².